The predicted octanol–water partition coefficient (Wildman–Crippen LogP) is 2.64. The van der Waals surface area contributed by atoms with Crippen LogP contribution in [0.5, 0.6) is 0 Å². The number of hydrogen-bond donors (Lipinski definition) is 0. The van der Waals surface area contributed by atoms with Gasteiger partial charge in [-0.05, 0) is 6.42 Å². The van der Waals surface area contributed by atoms with Crippen molar-refractivity contribution in [3.63, 3.8) is 0 Å². The van der Waals surface area contributed by atoms with Gasteiger partial charge in [-0.2, -0.15) is 13.2 Å². The molecule has 0 amide bonds. The molecule has 0 saturated carbocycles. The third kappa shape index (κ3) is 2.72. The van der Waals surface area contributed by atoms with Gasteiger partial charge < -0.3 is 4.85 Å². The largest absolute Gasteiger partial charge is 0.465 e. The second-order valence-electron chi connectivity index (χ2n) is 1.98. The van der Waals surface area contributed by atoms with Crippen LogP contribution in [0.15, 0.2) is 0 Å². The SMILES string of the molecule is [C-]#[N+]C(CCC)C(F)(F)F. The Kier molecular flexibility index (Phi) is 3.20. The quantitative estimate of drug-likeness (QED) is 0.534. The summed E-state index contributed by atoms with van der Waals surface area (Å²) < 4.78 is 35.1. The predicted molar refractivity (Wildman–Crippen MR) is 31.4 cm³/mol. The van der Waals surface area contributed by atoms with Crippen LogP contribution in [0, 0.1) is 6.57 Å². The molecule has 1 unspecified atom stereocenters. The number of alkyl halides is 3. The summed E-state index contributed by atoms with van der Waals surface area (Å²) in [5, 5.41) is 0. The van der Waals surface area contributed by atoms with Gasteiger partial charge in [0.15, 0.2) is 0 Å². The molecule has 0 saturated heterocycles. The Balaban J connectivity index is 3.98. The fourth-order valence-electron chi connectivity index (χ4n) is 0.575. The number of nitrogens with zero attached hydrogens (tertiary/aromatic N) is 1. The highest BCUT2D eigenvalue weighted by Gasteiger charge is 2.44. The lowest BCUT2D eigenvalue weighted by Gasteiger charge is -2.06. The topological polar surface area (TPSA) is 4.36 Å². The van der Waals surface area contributed by atoms with Crippen molar-refractivity contribution < 1.29 is 13.2 Å². The van der Waals surface area contributed by atoms with Crippen molar-refractivity contribution in [2.45, 2.75) is 32.0 Å². The van der Waals surface area contributed by atoms with Crippen molar-refractivity contribution >= 4 is 0 Å². The molecule has 0 radical (unpaired) electrons. The molecule has 0 aromatic heterocycles. The second kappa shape index (κ2) is 3.45. The van der Waals surface area contributed by atoms with Crippen molar-refractivity contribution in [1.29, 1.82) is 0 Å². The number of halogens is 3. The molecule has 0 aromatic rings. The van der Waals surface area contributed by atoms with Crippen LogP contribution in [0.25, 0.3) is 4.85 Å². The van der Waals surface area contributed by atoms with Crippen molar-refractivity contribution in [3.05, 3.63) is 11.4 Å². The lowest BCUT2D eigenvalue weighted by Crippen LogP contribution is -2.24. The molecular weight excluding hydrogens is 143 g/mol. The van der Waals surface area contributed by atoms with Crippen LogP contribution in [-0.2, 0) is 0 Å². The molecule has 0 spiro atoms. The van der Waals surface area contributed by atoms with Crippen LogP contribution in [0.3, 0.4) is 0 Å². The zero-order valence-corrected chi connectivity index (χ0v) is 5.57. The maximum atomic E-state index is 11.7. The first-order chi connectivity index (χ1) is 4.52. The minimum atomic E-state index is -4.34. The maximum Gasteiger partial charge on any atom is 0.465 e. The molecule has 58 valence electrons. The van der Waals surface area contributed by atoms with E-state index in [0.29, 0.717) is 6.42 Å². The Labute approximate surface area is 57.7 Å². The fraction of sp³-hybridized carbons (Fsp3) is 0.833. The first-order valence-corrected chi connectivity index (χ1v) is 2.95. The molecule has 0 aliphatic heterocycles. The Morgan fingerprint density at radius 2 is 2.00 bits per heavy atom. The van der Waals surface area contributed by atoms with E-state index in [0.717, 1.165) is 0 Å². The Morgan fingerprint density at radius 3 is 2.10 bits per heavy atom. The molecule has 0 N–H and O–H groups in total. The van der Waals surface area contributed by atoms with Gasteiger partial charge in [0.05, 0.1) is 0 Å². The molecule has 0 aliphatic rings. The van der Waals surface area contributed by atoms with E-state index in [1.54, 1.807) is 6.92 Å². The zero-order chi connectivity index (χ0) is 8.20. The Hall–Kier alpha value is -0.720. The van der Waals surface area contributed by atoms with Crippen LogP contribution in [0.2, 0.25) is 0 Å². The standard InChI is InChI=1S/C6H8F3N/c1-3-4-5(10-2)6(7,8)9/h5H,3-4H2,1H3. The number of hydrogen-bond acceptors (Lipinski definition) is 0. The molecular formula is C6H8F3N. The van der Waals surface area contributed by atoms with Crippen LogP contribution >= 0.6 is 0 Å². The summed E-state index contributed by atoms with van der Waals surface area (Å²) in [7, 11) is 0. The summed E-state index contributed by atoms with van der Waals surface area (Å²) >= 11 is 0. The van der Waals surface area contributed by atoms with E-state index in [-0.39, 0.29) is 6.42 Å². The van der Waals surface area contributed by atoms with Gasteiger partial charge in [-0.15, -0.1) is 0 Å². The summed E-state index contributed by atoms with van der Waals surface area (Å²) in [6, 6.07) is -1.79. The molecule has 10 heavy (non-hydrogen) atoms. The highest BCUT2D eigenvalue weighted by atomic mass is 19.4. The van der Waals surface area contributed by atoms with E-state index < -0.39 is 12.2 Å². The molecule has 0 fully saturated rings. The minimum absolute atomic E-state index is 0.0903. The van der Waals surface area contributed by atoms with Gasteiger partial charge in [-0.1, -0.05) is 6.92 Å². The van der Waals surface area contributed by atoms with E-state index in [9.17, 15) is 13.2 Å². The molecule has 4 heteroatoms. The zero-order valence-electron chi connectivity index (χ0n) is 5.57. The molecule has 0 bridgehead atoms. The highest BCUT2D eigenvalue weighted by Crippen LogP contribution is 2.25. The van der Waals surface area contributed by atoms with Gasteiger partial charge in [0.1, 0.15) is 0 Å². The average Bonchev–Trinajstić information content (AvgIpc) is 1.80. The van der Waals surface area contributed by atoms with Gasteiger partial charge in [0.2, 0.25) is 0 Å². The maximum absolute atomic E-state index is 11.7. The summed E-state index contributed by atoms with van der Waals surface area (Å²) in [5.41, 5.74) is 0. The summed E-state index contributed by atoms with van der Waals surface area (Å²) in [5.74, 6) is 0. The molecule has 1 atom stereocenters. The molecule has 0 rings (SSSR count). The Morgan fingerprint density at radius 1 is 1.50 bits per heavy atom. The van der Waals surface area contributed by atoms with Crippen LogP contribution in [0.4, 0.5) is 13.2 Å². The van der Waals surface area contributed by atoms with Crippen molar-refractivity contribution in [1.82, 2.24) is 0 Å². The second-order valence-corrected chi connectivity index (χ2v) is 1.98. The monoisotopic (exact) mass is 151 g/mol. The van der Waals surface area contributed by atoms with Gasteiger partial charge in [-0.25, -0.2) is 6.57 Å². The van der Waals surface area contributed by atoms with Gasteiger partial charge >= 0.3 is 12.2 Å². The van der Waals surface area contributed by atoms with E-state index in [4.69, 9.17) is 6.57 Å². The highest BCUT2D eigenvalue weighted by molar-refractivity contribution is 4.84. The van der Waals surface area contributed by atoms with Gasteiger partial charge in [0.25, 0.3) is 0 Å². The molecule has 0 heterocycles. The summed E-state index contributed by atoms with van der Waals surface area (Å²) in [4.78, 5) is 2.47. The molecule has 0 aromatic carbocycles. The number of rotatable bonds is 2. The molecule has 1 nitrogen and oxygen atoms in total. The van der Waals surface area contributed by atoms with Crippen LogP contribution in [-0.4, -0.2) is 12.2 Å². The lowest BCUT2D eigenvalue weighted by molar-refractivity contribution is -0.140. The van der Waals surface area contributed by atoms with E-state index in [1.807, 2.05) is 0 Å². The van der Waals surface area contributed by atoms with Gasteiger partial charge in [-0.3, -0.25) is 0 Å². The Bertz CT molecular complexity index is 133. The third-order valence-electron chi connectivity index (χ3n) is 1.10. The summed E-state index contributed by atoms with van der Waals surface area (Å²) in [6.07, 6.45) is -4.03. The molecule has 0 aliphatic carbocycles. The van der Waals surface area contributed by atoms with E-state index in [1.165, 1.54) is 0 Å². The van der Waals surface area contributed by atoms with Gasteiger partial charge in [0, 0.05) is 6.42 Å². The smallest absolute Gasteiger partial charge is 0.304 e. The van der Waals surface area contributed by atoms with E-state index >= 15 is 0 Å². The normalized spacial score (nSPS) is 14.3. The van der Waals surface area contributed by atoms with E-state index in [2.05, 4.69) is 4.85 Å². The van der Waals surface area contributed by atoms with Crippen LogP contribution < -0.4 is 0 Å². The average molecular weight is 151 g/mol. The third-order valence-corrected chi connectivity index (χ3v) is 1.10. The fourth-order valence-corrected chi connectivity index (χ4v) is 0.575. The van der Waals surface area contributed by atoms with Crippen LogP contribution in [0.1, 0.15) is 19.8 Å². The first kappa shape index (κ1) is 9.28. The first-order valence-electron chi connectivity index (χ1n) is 2.95. The lowest BCUT2D eigenvalue weighted by atomic mass is 10.2. The van der Waals surface area contributed by atoms with Crippen molar-refractivity contribution in [2.24, 2.45) is 0 Å². The van der Waals surface area contributed by atoms with Crippen molar-refractivity contribution in [2.75, 3.05) is 0 Å². The summed E-state index contributed by atoms with van der Waals surface area (Å²) in [6.45, 7) is 7.85. The minimum Gasteiger partial charge on any atom is -0.304 e. The van der Waals surface area contributed by atoms with Crippen molar-refractivity contribution in [3.8, 4) is 0 Å².